The molecule has 0 saturated carbocycles. The molecule has 20 heavy (non-hydrogen) atoms. The number of anilines is 1. The van der Waals surface area contributed by atoms with Crippen LogP contribution in [0.2, 0.25) is 0 Å². The summed E-state index contributed by atoms with van der Waals surface area (Å²) in [7, 11) is 0. The van der Waals surface area contributed by atoms with E-state index in [-0.39, 0.29) is 12.5 Å². The molecule has 1 amide bonds. The van der Waals surface area contributed by atoms with E-state index in [1.165, 1.54) is 18.6 Å². The predicted molar refractivity (Wildman–Crippen MR) is 75.0 cm³/mol. The first-order valence-electron chi connectivity index (χ1n) is 6.07. The molecule has 2 rings (SSSR count). The Morgan fingerprint density at radius 3 is 2.70 bits per heavy atom. The van der Waals surface area contributed by atoms with E-state index < -0.39 is 0 Å². The van der Waals surface area contributed by atoms with Gasteiger partial charge in [0.2, 0.25) is 0 Å². The molecule has 0 saturated heterocycles. The maximum Gasteiger partial charge on any atom is 0.256 e. The van der Waals surface area contributed by atoms with Gasteiger partial charge in [-0.1, -0.05) is 11.8 Å². The van der Waals surface area contributed by atoms with E-state index in [1.54, 1.807) is 24.3 Å². The second-order valence-corrected chi connectivity index (χ2v) is 3.90. The van der Waals surface area contributed by atoms with Crippen LogP contribution in [0.5, 0.6) is 0 Å². The van der Waals surface area contributed by atoms with Crippen molar-refractivity contribution >= 4 is 11.7 Å². The molecule has 2 N–H and O–H groups in total. The maximum absolute atomic E-state index is 11.9. The fourth-order valence-corrected chi connectivity index (χ4v) is 1.48. The van der Waals surface area contributed by atoms with Gasteiger partial charge in [-0.15, -0.1) is 0 Å². The number of carbonyl (C=O) groups excluding carboxylic acids is 1. The van der Waals surface area contributed by atoms with Crippen molar-refractivity contribution in [2.45, 2.75) is 6.42 Å². The molecule has 0 radical (unpaired) electrons. The van der Waals surface area contributed by atoms with Gasteiger partial charge in [0.1, 0.15) is 0 Å². The van der Waals surface area contributed by atoms with Crippen LogP contribution in [-0.4, -0.2) is 27.6 Å². The van der Waals surface area contributed by atoms with E-state index >= 15 is 0 Å². The Balaban J connectivity index is 2.03. The van der Waals surface area contributed by atoms with E-state index in [0.29, 0.717) is 17.8 Å². The van der Waals surface area contributed by atoms with Gasteiger partial charge in [0.25, 0.3) is 5.91 Å². The van der Waals surface area contributed by atoms with Crippen LogP contribution in [-0.2, 0) is 0 Å². The normalized spacial score (nSPS) is 9.45. The number of aliphatic hydroxyl groups excluding tert-OH is 1. The monoisotopic (exact) mass is 267 g/mol. The highest BCUT2D eigenvalue weighted by atomic mass is 16.2. The Hall–Kier alpha value is -2.71. The summed E-state index contributed by atoms with van der Waals surface area (Å²) in [6, 6.07) is 6.90. The summed E-state index contributed by atoms with van der Waals surface area (Å²) in [5, 5.41) is 11.3. The molecule has 1 aromatic heterocycles. The lowest BCUT2D eigenvalue weighted by atomic mass is 10.1. The molecule has 0 aliphatic rings. The first-order valence-corrected chi connectivity index (χ1v) is 6.07. The zero-order valence-electron chi connectivity index (χ0n) is 10.7. The molecule has 100 valence electrons. The maximum atomic E-state index is 11.9. The lowest BCUT2D eigenvalue weighted by Gasteiger charge is -2.03. The third kappa shape index (κ3) is 3.90. The van der Waals surface area contributed by atoms with Crippen molar-refractivity contribution in [3.05, 3.63) is 54.0 Å². The molecule has 1 aromatic carbocycles. The minimum atomic E-state index is -0.250. The number of hydrogen-bond acceptors (Lipinski definition) is 4. The molecular formula is C15H13N3O2. The highest BCUT2D eigenvalue weighted by molar-refractivity contribution is 6.03. The van der Waals surface area contributed by atoms with Crippen LogP contribution in [0.1, 0.15) is 22.3 Å². The van der Waals surface area contributed by atoms with E-state index in [2.05, 4.69) is 27.1 Å². The average Bonchev–Trinajstić information content (AvgIpc) is 2.49. The third-order valence-corrected chi connectivity index (χ3v) is 2.42. The molecule has 1 heterocycles. The molecule has 0 bridgehead atoms. The van der Waals surface area contributed by atoms with Gasteiger partial charge >= 0.3 is 0 Å². The molecule has 0 aliphatic heterocycles. The summed E-state index contributed by atoms with van der Waals surface area (Å²) in [5.41, 5.74) is 1.32. The Bertz CT molecular complexity index is 628. The number of carbonyl (C=O) groups is 1. The smallest absolute Gasteiger partial charge is 0.256 e. The molecule has 5 nitrogen and oxygen atoms in total. The number of aliphatic hydroxyl groups is 1. The van der Waals surface area contributed by atoms with Crippen LogP contribution < -0.4 is 5.32 Å². The molecular weight excluding hydrogens is 254 g/mol. The molecule has 2 aromatic rings. The van der Waals surface area contributed by atoms with Crippen LogP contribution in [0, 0.1) is 11.8 Å². The minimum Gasteiger partial charge on any atom is -0.395 e. The van der Waals surface area contributed by atoms with Crippen molar-refractivity contribution in [1.29, 1.82) is 0 Å². The van der Waals surface area contributed by atoms with Crippen LogP contribution >= 0.6 is 0 Å². The first kappa shape index (κ1) is 13.7. The number of nitrogens with zero attached hydrogens (tertiary/aromatic N) is 2. The minimum absolute atomic E-state index is 0.0472. The van der Waals surface area contributed by atoms with Gasteiger partial charge in [-0.2, -0.15) is 0 Å². The van der Waals surface area contributed by atoms with Crippen LogP contribution in [0.15, 0.2) is 42.9 Å². The zero-order chi connectivity index (χ0) is 14.2. The Kier molecular flexibility index (Phi) is 4.81. The summed E-state index contributed by atoms with van der Waals surface area (Å²) >= 11 is 0. The van der Waals surface area contributed by atoms with Gasteiger partial charge in [0.05, 0.1) is 12.8 Å². The van der Waals surface area contributed by atoms with Crippen molar-refractivity contribution < 1.29 is 9.90 Å². The van der Waals surface area contributed by atoms with Crippen molar-refractivity contribution in [3.63, 3.8) is 0 Å². The molecule has 5 heteroatoms. The van der Waals surface area contributed by atoms with Gasteiger partial charge in [-0.3, -0.25) is 9.78 Å². The first-order chi connectivity index (χ1) is 9.79. The van der Waals surface area contributed by atoms with Gasteiger partial charge in [0.15, 0.2) is 5.82 Å². The van der Waals surface area contributed by atoms with Gasteiger partial charge < -0.3 is 10.4 Å². The van der Waals surface area contributed by atoms with E-state index in [0.717, 1.165) is 5.56 Å². The lowest BCUT2D eigenvalue weighted by Crippen LogP contribution is -2.12. The molecule has 0 unspecified atom stereocenters. The van der Waals surface area contributed by atoms with Crippen LogP contribution in [0.25, 0.3) is 0 Å². The van der Waals surface area contributed by atoms with Gasteiger partial charge in [-0.25, -0.2) is 4.98 Å². The number of amides is 1. The van der Waals surface area contributed by atoms with Crippen LogP contribution in [0.4, 0.5) is 5.82 Å². The standard InChI is InChI=1S/C15H13N3O2/c19-10-2-1-3-12-4-6-13(7-5-12)15(20)18-14-11-16-8-9-17-14/h4-9,11,19H,2,10H2,(H,17,18,20). The van der Waals surface area contributed by atoms with Crippen molar-refractivity contribution in [3.8, 4) is 11.8 Å². The molecule has 0 fully saturated rings. The van der Waals surface area contributed by atoms with Crippen molar-refractivity contribution in [2.75, 3.05) is 11.9 Å². The second-order valence-electron chi connectivity index (χ2n) is 3.90. The molecule has 0 spiro atoms. The molecule has 0 atom stereocenters. The summed E-state index contributed by atoms with van der Waals surface area (Å²) in [5.74, 6) is 5.88. The predicted octanol–water partition coefficient (Wildman–Crippen LogP) is 1.46. The quantitative estimate of drug-likeness (QED) is 0.826. The van der Waals surface area contributed by atoms with Gasteiger partial charge in [0, 0.05) is 29.9 Å². The highest BCUT2D eigenvalue weighted by Crippen LogP contribution is 2.06. The number of aromatic nitrogens is 2. The summed E-state index contributed by atoms with van der Waals surface area (Å²) in [6.07, 6.45) is 4.96. The second kappa shape index (κ2) is 7.02. The fourth-order valence-electron chi connectivity index (χ4n) is 1.48. The lowest BCUT2D eigenvalue weighted by molar-refractivity contribution is 0.102. The largest absolute Gasteiger partial charge is 0.395 e. The van der Waals surface area contributed by atoms with Crippen LogP contribution in [0.3, 0.4) is 0 Å². The SMILES string of the molecule is O=C(Nc1cnccn1)c1ccc(C#CCCO)cc1. The molecule has 0 aliphatic carbocycles. The number of rotatable bonds is 3. The Morgan fingerprint density at radius 2 is 2.05 bits per heavy atom. The number of nitrogens with one attached hydrogen (secondary N) is 1. The number of hydrogen-bond donors (Lipinski definition) is 2. The topological polar surface area (TPSA) is 75.1 Å². The zero-order valence-corrected chi connectivity index (χ0v) is 10.7. The van der Waals surface area contributed by atoms with E-state index in [1.807, 2.05) is 0 Å². The fraction of sp³-hybridized carbons (Fsp3) is 0.133. The summed E-state index contributed by atoms with van der Waals surface area (Å²) in [6.45, 7) is 0.0472. The average molecular weight is 267 g/mol. The number of benzene rings is 1. The van der Waals surface area contributed by atoms with Crippen molar-refractivity contribution in [1.82, 2.24) is 9.97 Å². The Labute approximate surface area is 116 Å². The summed E-state index contributed by atoms with van der Waals surface area (Å²) < 4.78 is 0. The third-order valence-electron chi connectivity index (χ3n) is 2.42. The van der Waals surface area contributed by atoms with E-state index in [4.69, 9.17) is 5.11 Å². The van der Waals surface area contributed by atoms with E-state index in [9.17, 15) is 4.79 Å². The Morgan fingerprint density at radius 1 is 1.25 bits per heavy atom. The highest BCUT2D eigenvalue weighted by Gasteiger charge is 2.06. The summed E-state index contributed by atoms with van der Waals surface area (Å²) in [4.78, 5) is 19.8. The van der Waals surface area contributed by atoms with Crippen molar-refractivity contribution in [2.24, 2.45) is 0 Å². The van der Waals surface area contributed by atoms with Gasteiger partial charge in [-0.05, 0) is 24.3 Å².